The minimum Gasteiger partial charge on any atom is -0.493 e. The molecule has 172 valence electrons. The Hall–Kier alpha value is -3.30. The summed E-state index contributed by atoms with van der Waals surface area (Å²) in [6.07, 6.45) is 2.29. The van der Waals surface area contributed by atoms with Gasteiger partial charge in [0.15, 0.2) is 11.5 Å². The number of rotatable bonds is 7. The van der Waals surface area contributed by atoms with Gasteiger partial charge in [0, 0.05) is 36.8 Å². The normalized spacial score (nSPS) is 18.2. The smallest absolute Gasteiger partial charge is 0.238 e. The summed E-state index contributed by atoms with van der Waals surface area (Å²) in [5, 5.41) is 3.46. The number of methoxy groups -OCH3 is 1. The van der Waals surface area contributed by atoms with Crippen LogP contribution in [-0.2, 0) is 9.53 Å². The zero-order valence-corrected chi connectivity index (χ0v) is 18.3. The molecule has 1 atom stereocenters. The fourth-order valence-corrected chi connectivity index (χ4v) is 4.39. The predicted molar refractivity (Wildman–Crippen MR) is 120 cm³/mol. The molecule has 0 aliphatic carbocycles. The molecule has 5 rings (SSSR count). The molecule has 1 N–H and O–H groups in total. The summed E-state index contributed by atoms with van der Waals surface area (Å²) in [4.78, 5) is 23.9. The summed E-state index contributed by atoms with van der Waals surface area (Å²) < 4.78 is 30.9. The van der Waals surface area contributed by atoms with Crippen molar-refractivity contribution in [3.63, 3.8) is 0 Å². The van der Waals surface area contributed by atoms with Crippen LogP contribution in [0.25, 0.3) is 10.9 Å². The highest BCUT2D eigenvalue weighted by Gasteiger charge is 2.35. The number of hydrogen-bond acceptors (Lipinski definition) is 7. The number of fused-ring (bicyclic) bond motifs is 2. The number of nitrogens with one attached hydrogen (secondary N) is 1. The molecule has 0 spiro atoms. The van der Waals surface area contributed by atoms with Gasteiger partial charge in [0.2, 0.25) is 5.91 Å². The minimum atomic E-state index is -0.730. The van der Waals surface area contributed by atoms with E-state index in [1.165, 1.54) is 18.5 Å². The lowest BCUT2D eigenvalue weighted by Gasteiger charge is -2.26. The first kappa shape index (κ1) is 21.5. The van der Waals surface area contributed by atoms with Gasteiger partial charge in [-0.2, -0.15) is 0 Å². The molecule has 0 bridgehead atoms. The van der Waals surface area contributed by atoms with E-state index in [0.29, 0.717) is 46.0 Å². The number of amides is 1. The van der Waals surface area contributed by atoms with Crippen LogP contribution in [0.2, 0.25) is 0 Å². The fraction of sp³-hybridized carbons (Fsp3) is 0.375. The SMILES string of the molecule is COc1cc2c(C3C(=O)Nc4ccc(F)cc43)ncnc2cc1OCCCN1CCOCC1. The summed E-state index contributed by atoms with van der Waals surface area (Å²) in [7, 11) is 1.57. The number of carbonyl (C=O) groups is 1. The second kappa shape index (κ2) is 9.29. The molecule has 2 aromatic carbocycles. The summed E-state index contributed by atoms with van der Waals surface area (Å²) in [5.41, 5.74) is 2.27. The first-order valence-corrected chi connectivity index (χ1v) is 11.0. The van der Waals surface area contributed by atoms with Crippen molar-refractivity contribution >= 4 is 22.5 Å². The number of nitrogens with zero attached hydrogens (tertiary/aromatic N) is 3. The lowest BCUT2D eigenvalue weighted by atomic mass is 9.94. The van der Waals surface area contributed by atoms with Gasteiger partial charge in [-0.05, 0) is 36.2 Å². The van der Waals surface area contributed by atoms with Crippen LogP contribution >= 0.6 is 0 Å². The largest absolute Gasteiger partial charge is 0.493 e. The van der Waals surface area contributed by atoms with Crippen LogP contribution in [0.4, 0.5) is 10.1 Å². The molecule has 3 heterocycles. The molecule has 1 fully saturated rings. The van der Waals surface area contributed by atoms with E-state index in [-0.39, 0.29) is 5.91 Å². The first-order valence-electron chi connectivity index (χ1n) is 11.0. The molecular weight excluding hydrogens is 427 g/mol. The molecule has 8 nitrogen and oxygen atoms in total. The molecule has 1 aromatic heterocycles. The third kappa shape index (κ3) is 4.34. The second-order valence-electron chi connectivity index (χ2n) is 8.09. The molecule has 3 aromatic rings. The Morgan fingerprint density at radius 3 is 2.85 bits per heavy atom. The van der Waals surface area contributed by atoms with Gasteiger partial charge in [-0.1, -0.05) is 0 Å². The molecule has 33 heavy (non-hydrogen) atoms. The van der Waals surface area contributed by atoms with Gasteiger partial charge in [0.05, 0.1) is 38.1 Å². The van der Waals surface area contributed by atoms with Crippen molar-refractivity contribution in [3.8, 4) is 11.5 Å². The highest BCUT2D eigenvalue weighted by Crippen LogP contribution is 2.41. The Kier molecular flexibility index (Phi) is 6.06. The Labute approximate surface area is 190 Å². The molecule has 9 heteroatoms. The summed E-state index contributed by atoms with van der Waals surface area (Å²) in [6.45, 7) is 4.92. The maximum atomic E-state index is 13.9. The maximum Gasteiger partial charge on any atom is 0.238 e. The summed E-state index contributed by atoms with van der Waals surface area (Å²) >= 11 is 0. The minimum absolute atomic E-state index is 0.252. The van der Waals surface area contributed by atoms with Crippen LogP contribution in [0.5, 0.6) is 11.5 Å². The van der Waals surface area contributed by atoms with Crippen molar-refractivity contribution in [2.75, 3.05) is 51.9 Å². The third-order valence-electron chi connectivity index (χ3n) is 6.05. The quantitative estimate of drug-likeness (QED) is 0.552. The van der Waals surface area contributed by atoms with Gasteiger partial charge in [0.1, 0.15) is 18.1 Å². The van der Waals surface area contributed by atoms with E-state index in [2.05, 4.69) is 20.2 Å². The molecule has 2 aliphatic rings. The van der Waals surface area contributed by atoms with Crippen LogP contribution in [0.3, 0.4) is 0 Å². The van der Waals surface area contributed by atoms with Gasteiger partial charge < -0.3 is 19.5 Å². The van der Waals surface area contributed by atoms with Gasteiger partial charge in [-0.15, -0.1) is 0 Å². The third-order valence-corrected chi connectivity index (χ3v) is 6.05. The molecule has 0 saturated carbocycles. The number of hydrogen-bond donors (Lipinski definition) is 1. The molecule has 1 amide bonds. The van der Waals surface area contributed by atoms with Crippen molar-refractivity contribution < 1.29 is 23.4 Å². The number of morpholine rings is 1. The lowest BCUT2D eigenvalue weighted by molar-refractivity contribution is -0.116. The number of carbonyl (C=O) groups excluding carboxylic acids is 1. The Bertz CT molecular complexity index is 1180. The van der Waals surface area contributed by atoms with Gasteiger partial charge in [-0.25, -0.2) is 14.4 Å². The highest BCUT2D eigenvalue weighted by molar-refractivity contribution is 6.06. The number of benzene rings is 2. The first-order chi connectivity index (χ1) is 16.1. The van der Waals surface area contributed by atoms with Crippen molar-refractivity contribution in [1.82, 2.24) is 14.9 Å². The fourth-order valence-electron chi connectivity index (χ4n) is 4.39. The molecule has 2 aliphatic heterocycles. The second-order valence-corrected chi connectivity index (χ2v) is 8.09. The van der Waals surface area contributed by atoms with Gasteiger partial charge in [-0.3, -0.25) is 9.69 Å². The van der Waals surface area contributed by atoms with Crippen molar-refractivity contribution in [2.24, 2.45) is 0 Å². The molecule has 0 radical (unpaired) electrons. The van der Waals surface area contributed by atoms with E-state index in [1.54, 1.807) is 25.3 Å². The Morgan fingerprint density at radius 2 is 2.03 bits per heavy atom. The van der Waals surface area contributed by atoms with E-state index >= 15 is 0 Å². The number of aromatic nitrogens is 2. The van der Waals surface area contributed by atoms with Crippen LogP contribution in [0.15, 0.2) is 36.7 Å². The molecule has 1 saturated heterocycles. The number of halogens is 1. The standard InChI is InChI=1S/C24H25FN4O4/c1-31-20-12-17-19(13-21(20)33-8-2-5-29-6-9-32-10-7-29)26-14-27-23(17)22-16-11-15(25)3-4-18(16)28-24(22)30/h3-4,11-14,22H,2,5-10H2,1H3,(H,28,30). The predicted octanol–water partition coefficient (Wildman–Crippen LogP) is 2.96. The van der Waals surface area contributed by atoms with Crippen LogP contribution < -0.4 is 14.8 Å². The van der Waals surface area contributed by atoms with Crippen molar-refractivity contribution in [1.29, 1.82) is 0 Å². The number of ether oxygens (including phenoxy) is 3. The van der Waals surface area contributed by atoms with Gasteiger partial charge in [0.25, 0.3) is 0 Å². The van der Waals surface area contributed by atoms with E-state index < -0.39 is 11.7 Å². The van der Waals surface area contributed by atoms with Crippen molar-refractivity contribution in [2.45, 2.75) is 12.3 Å². The van der Waals surface area contributed by atoms with Gasteiger partial charge >= 0.3 is 0 Å². The van der Waals surface area contributed by atoms with E-state index in [1.807, 2.05) is 0 Å². The topological polar surface area (TPSA) is 85.8 Å². The van der Waals surface area contributed by atoms with E-state index in [4.69, 9.17) is 14.2 Å². The van der Waals surface area contributed by atoms with Crippen LogP contribution in [-0.4, -0.2) is 67.3 Å². The van der Waals surface area contributed by atoms with Crippen LogP contribution in [0, 0.1) is 5.82 Å². The van der Waals surface area contributed by atoms with Crippen molar-refractivity contribution in [3.05, 3.63) is 53.7 Å². The van der Waals surface area contributed by atoms with Crippen LogP contribution in [0.1, 0.15) is 23.6 Å². The Balaban J connectivity index is 1.40. The highest BCUT2D eigenvalue weighted by atomic mass is 19.1. The zero-order valence-electron chi connectivity index (χ0n) is 18.3. The summed E-state index contributed by atoms with van der Waals surface area (Å²) in [6, 6.07) is 7.84. The zero-order chi connectivity index (χ0) is 22.8. The molecular formula is C24H25FN4O4. The monoisotopic (exact) mass is 452 g/mol. The lowest BCUT2D eigenvalue weighted by Crippen LogP contribution is -2.37. The average molecular weight is 452 g/mol. The average Bonchev–Trinajstić information content (AvgIpc) is 3.16. The summed E-state index contributed by atoms with van der Waals surface area (Å²) in [5.74, 6) is -0.273. The van der Waals surface area contributed by atoms with E-state index in [9.17, 15) is 9.18 Å². The molecule has 1 unspecified atom stereocenters. The number of anilines is 1. The Morgan fingerprint density at radius 1 is 1.18 bits per heavy atom. The van der Waals surface area contributed by atoms with E-state index in [0.717, 1.165) is 39.3 Å². The maximum absolute atomic E-state index is 13.9.